The molecule has 3 heteroatoms. The van der Waals surface area contributed by atoms with Gasteiger partial charge in [0.05, 0.1) is 12.6 Å². The molecule has 1 unspecified atom stereocenters. The van der Waals surface area contributed by atoms with Crippen molar-refractivity contribution in [1.29, 1.82) is 0 Å². The van der Waals surface area contributed by atoms with E-state index >= 15 is 0 Å². The lowest BCUT2D eigenvalue weighted by molar-refractivity contribution is -0.134. The maximum Gasteiger partial charge on any atom is 0.223 e. The predicted molar refractivity (Wildman–Crippen MR) is 58.4 cm³/mol. The van der Waals surface area contributed by atoms with Crippen molar-refractivity contribution in [2.24, 2.45) is 5.92 Å². The zero-order valence-electron chi connectivity index (χ0n) is 9.32. The molecule has 2 aliphatic rings. The highest BCUT2D eigenvalue weighted by Crippen LogP contribution is 2.33. The minimum absolute atomic E-state index is 0.0961. The van der Waals surface area contributed by atoms with E-state index in [1.807, 2.05) is 4.90 Å². The van der Waals surface area contributed by atoms with E-state index in [4.69, 9.17) is 0 Å². The Balaban J connectivity index is 1.91. The summed E-state index contributed by atoms with van der Waals surface area (Å²) >= 11 is 0. The van der Waals surface area contributed by atoms with Crippen molar-refractivity contribution in [3.8, 4) is 0 Å². The fourth-order valence-corrected chi connectivity index (χ4v) is 2.38. The lowest BCUT2D eigenvalue weighted by atomic mass is 10.1. The quantitative estimate of drug-likeness (QED) is 0.769. The van der Waals surface area contributed by atoms with Crippen molar-refractivity contribution >= 4 is 5.91 Å². The number of hydrogen-bond donors (Lipinski definition) is 1. The van der Waals surface area contributed by atoms with Gasteiger partial charge in [0.25, 0.3) is 0 Å². The summed E-state index contributed by atoms with van der Waals surface area (Å²) in [7, 11) is 0. The largest absolute Gasteiger partial charge is 0.394 e. The van der Waals surface area contributed by atoms with Crippen molar-refractivity contribution in [2.45, 2.75) is 51.0 Å². The summed E-state index contributed by atoms with van der Waals surface area (Å²) in [5, 5.41) is 9.29. The highest BCUT2D eigenvalue weighted by Gasteiger charge is 2.30. The van der Waals surface area contributed by atoms with Gasteiger partial charge in [0.1, 0.15) is 0 Å². The number of carbonyl (C=O) groups excluding carboxylic acids is 1. The van der Waals surface area contributed by atoms with E-state index in [1.165, 1.54) is 19.3 Å². The van der Waals surface area contributed by atoms with Gasteiger partial charge >= 0.3 is 0 Å². The van der Waals surface area contributed by atoms with Crippen LogP contribution < -0.4 is 0 Å². The Morgan fingerprint density at radius 2 is 2.00 bits per heavy atom. The minimum Gasteiger partial charge on any atom is -0.394 e. The van der Waals surface area contributed by atoms with Gasteiger partial charge in [-0.3, -0.25) is 4.79 Å². The van der Waals surface area contributed by atoms with Crippen molar-refractivity contribution < 1.29 is 9.90 Å². The number of amides is 1. The Morgan fingerprint density at radius 3 is 2.67 bits per heavy atom. The first-order valence-corrected chi connectivity index (χ1v) is 6.21. The molecular formula is C12H21NO2. The molecule has 1 amide bonds. The third kappa shape index (κ3) is 2.94. The van der Waals surface area contributed by atoms with Crippen molar-refractivity contribution in [3.63, 3.8) is 0 Å². The SMILES string of the molecule is O=C(CC1CC1)N1CCCCCC1CO. The fourth-order valence-electron chi connectivity index (χ4n) is 2.38. The van der Waals surface area contributed by atoms with Gasteiger partial charge in [-0.1, -0.05) is 12.8 Å². The standard InChI is InChI=1S/C12H21NO2/c14-9-11-4-2-1-3-7-13(11)12(15)8-10-5-6-10/h10-11,14H,1-9H2. The molecule has 0 radical (unpaired) electrons. The molecular weight excluding hydrogens is 190 g/mol. The summed E-state index contributed by atoms with van der Waals surface area (Å²) in [6.07, 6.45) is 7.60. The van der Waals surface area contributed by atoms with E-state index < -0.39 is 0 Å². The average molecular weight is 211 g/mol. The van der Waals surface area contributed by atoms with E-state index in [-0.39, 0.29) is 18.6 Å². The fraction of sp³-hybridized carbons (Fsp3) is 0.917. The lowest BCUT2D eigenvalue weighted by Gasteiger charge is -2.28. The molecule has 3 nitrogen and oxygen atoms in total. The van der Waals surface area contributed by atoms with Crippen LogP contribution in [0.1, 0.15) is 44.9 Å². The number of hydrogen-bond acceptors (Lipinski definition) is 2. The van der Waals surface area contributed by atoms with Gasteiger partial charge in [0, 0.05) is 13.0 Å². The smallest absolute Gasteiger partial charge is 0.223 e. The molecule has 1 saturated heterocycles. The van der Waals surface area contributed by atoms with Crippen LogP contribution in [0.2, 0.25) is 0 Å². The van der Waals surface area contributed by atoms with Crippen LogP contribution in [-0.2, 0) is 4.79 Å². The Labute approximate surface area is 91.5 Å². The number of likely N-dealkylation sites (tertiary alicyclic amines) is 1. The number of nitrogens with zero attached hydrogens (tertiary/aromatic N) is 1. The number of rotatable bonds is 3. The van der Waals surface area contributed by atoms with Gasteiger partial charge in [0.2, 0.25) is 5.91 Å². The van der Waals surface area contributed by atoms with Crippen LogP contribution >= 0.6 is 0 Å². The van der Waals surface area contributed by atoms with Crippen molar-refractivity contribution in [1.82, 2.24) is 4.90 Å². The highest BCUT2D eigenvalue weighted by atomic mass is 16.3. The number of aliphatic hydroxyl groups excluding tert-OH is 1. The number of carbonyl (C=O) groups is 1. The third-order valence-corrected chi connectivity index (χ3v) is 3.57. The van der Waals surface area contributed by atoms with Crippen molar-refractivity contribution in [2.75, 3.05) is 13.2 Å². The highest BCUT2D eigenvalue weighted by molar-refractivity contribution is 5.77. The molecule has 86 valence electrons. The molecule has 0 spiro atoms. The van der Waals surface area contributed by atoms with Crippen molar-refractivity contribution in [3.05, 3.63) is 0 Å². The predicted octanol–water partition coefficient (Wildman–Crippen LogP) is 1.55. The zero-order chi connectivity index (χ0) is 10.7. The summed E-state index contributed by atoms with van der Waals surface area (Å²) in [5.74, 6) is 0.929. The second kappa shape index (κ2) is 4.97. The lowest BCUT2D eigenvalue weighted by Crippen LogP contribution is -2.42. The van der Waals surface area contributed by atoms with E-state index in [0.717, 1.165) is 32.2 Å². The van der Waals surface area contributed by atoms with E-state index in [9.17, 15) is 9.90 Å². The summed E-state index contributed by atoms with van der Waals surface area (Å²) in [6.45, 7) is 0.993. The van der Waals surface area contributed by atoms with E-state index in [0.29, 0.717) is 5.92 Å². The Hall–Kier alpha value is -0.570. The molecule has 1 aliphatic carbocycles. The van der Waals surface area contributed by atoms with Crippen LogP contribution in [0, 0.1) is 5.92 Å². The topological polar surface area (TPSA) is 40.5 Å². The molecule has 0 bridgehead atoms. The van der Waals surface area contributed by atoms with Gasteiger partial charge < -0.3 is 10.0 Å². The average Bonchev–Trinajstić information content (AvgIpc) is 3.02. The summed E-state index contributed by atoms with van der Waals surface area (Å²) < 4.78 is 0. The summed E-state index contributed by atoms with van der Waals surface area (Å²) in [6, 6.07) is 0.0961. The molecule has 1 saturated carbocycles. The maximum atomic E-state index is 12.0. The maximum absolute atomic E-state index is 12.0. The van der Waals surface area contributed by atoms with Gasteiger partial charge in [-0.15, -0.1) is 0 Å². The molecule has 1 atom stereocenters. The summed E-state index contributed by atoms with van der Waals surface area (Å²) in [5.41, 5.74) is 0. The van der Waals surface area contributed by atoms with Gasteiger partial charge in [0.15, 0.2) is 0 Å². The van der Waals surface area contributed by atoms with Crippen LogP contribution in [0.15, 0.2) is 0 Å². The molecule has 1 N–H and O–H groups in total. The summed E-state index contributed by atoms with van der Waals surface area (Å²) in [4.78, 5) is 13.9. The van der Waals surface area contributed by atoms with E-state index in [1.54, 1.807) is 0 Å². The third-order valence-electron chi connectivity index (χ3n) is 3.57. The Bertz CT molecular complexity index is 226. The Kier molecular flexibility index (Phi) is 3.62. The number of aliphatic hydroxyl groups is 1. The zero-order valence-corrected chi connectivity index (χ0v) is 9.32. The Morgan fingerprint density at radius 1 is 1.20 bits per heavy atom. The molecule has 0 aromatic carbocycles. The minimum atomic E-state index is 0.0961. The first-order chi connectivity index (χ1) is 7.31. The molecule has 0 aromatic heterocycles. The molecule has 15 heavy (non-hydrogen) atoms. The van der Waals surface area contributed by atoms with Crippen LogP contribution in [0.3, 0.4) is 0 Å². The second-order valence-electron chi connectivity index (χ2n) is 4.92. The van der Waals surface area contributed by atoms with Gasteiger partial charge in [-0.25, -0.2) is 0 Å². The molecule has 1 aliphatic heterocycles. The molecule has 2 fully saturated rings. The van der Waals surface area contributed by atoms with Gasteiger partial charge in [-0.05, 0) is 31.6 Å². The van der Waals surface area contributed by atoms with Crippen LogP contribution in [0.4, 0.5) is 0 Å². The van der Waals surface area contributed by atoms with Crippen LogP contribution in [0.5, 0.6) is 0 Å². The van der Waals surface area contributed by atoms with Gasteiger partial charge in [-0.2, -0.15) is 0 Å². The monoisotopic (exact) mass is 211 g/mol. The van der Waals surface area contributed by atoms with Crippen LogP contribution in [-0.4, -0.2) is 35.1 Å². The first-order valence-electron chi connectivity index (χ1n) is 6.21. The molecule has 1 heterocycles. The first kappa shape index (κ1) is 10.9. The molecule has 0 aromatic rings. The normalized spacial score (nSPS) is 27.5. The second-order valence-corrected chi connectivity index (χ2v) is 4.92. The molecule has 2 rings (SSSR count). The van der Waals surface area contributed by atoms with Crippen LogP contribution in [0.25, 0.3) is 0 Å². The van der Waals surface area contributed by atoms with E-state index in [2.05, 4.69) is 0 Å².